The number of ether oxygens (including phenoxy) is 1. The van der Waals surface area contributed by atoms with Crippen molar-refractivity contribution in [3.8, 4) is 5.75 Å². The van der Waals surface area contributed by atoms with Crippen molar-refractivity contribution < 1.29 is 9.13 Å². The first-order valence-corrected chi connectivity index (χ1v) is 6.39. The van der Waals surface area contributed by atoms with Crippen LogP contribution in [0.1, 0.15) is 5.56 Å². The molecule has 2 nitrogen and oxygen atoms in total. The van der Waals surface area contributed by atoms with Crippen molar-refractivity contribution in [2.45, 2.75) is 6.61 Å². The fourth-order valence-corrected chi connectivity index (χ4v) is 2.20. The number of nitrogens with two attached hydrogens (primary N) is 1. The van der Waals surface area contributed by atoms with E-state index in [1.54, 1.807) is 12.1 Å². The predicted octanol–water partition coefficient (Wildman–Crippen LogP) is 4.14. The van der Waals surface area contributed by atoms with Crippen LogP contribution in [-0.2, 0) is 6.61 Å². The minimum Gasteiger partial charge on any atom is -0.488 e. The lowest BCUT2D eigenvalue weighted by molar-refractivity contribution is 0.304. The van der Waals surface area contributed by atoms with Crippen LogP contribution in [0.15, 0.2) is 60.7 Å². The predicted molar refractivity (Wildman–Crippen MR) is 79.1 cm³/mol. The molecule has 3 aromatic rings. The highest BCUT2D eigenvalue weighted by Crippen LogP contribution is 2.27. The minimum absolute atomic E-state index is 0.118. The Morgan fingerprint density at radius 1 is 0.900 bits per heavy atom. The average molecular weight is 267 g/mol. The van der Waals surface area contributed by atoms with Crippen molar-refractivity contribution in [2.24, 2.45) is 0 Å². The Bertz CT molecular complexity index is 729. The van der Waals surface area contributed by atoms with Crippen molar-refractivity contribution in [2.75, 3.05) is 5.73 Å². The number of fused-ring (bicyclic) bond motifs is 1. The molecule has 0 aliphatic heterocycles. The Kier molecular flexibility index (Phi) is 3.25. The van der Waals surface area contributed by atoms with Gasteiger partial charge in [-0.05, 0) is 23.6 Å². The van der Waals surface area contributed by atoms with Crippen LogP contribution in [-0.4, -0.2) is 0 Å². The van der Waals surface area contributed by atoms with Gasteiger partial charge in [0.05, 0.1) is 0 Å². The average Bonchev–Trinajstić information content (AvgIpc) is 2.47. The third-order valence-corrected chi connectivity index (χ3v) is 3.28. The molecule has 100 valence electrons. The van der Waals surface area contributed by atoms with E-state index < -0.39 is 0 Å². The quantitative estimate of drug-likeness (QED) is 0.724. The van der Waals surface area contributed by atoms with Crippen LogP contribution in [0.4, 0.5) is 10.1 Å². The number of hydrogen-bond donors (Lipinski definition) is 1. The maximum atomic E-state index is 13.7. The number of halogens is 1. The maximum absolute atomic E-state index is 13.7. The first kappa shape index (κ1) is 12.5. The van der Waals surface area contributed by atoms with Gasteiger partial charge in [-0.2, -0.15) is 0 Å². The summed E-state index contributed by atoms with van der Waals surface area (Å²) in [5.74, 6) is 0.385. The molecule has 0 aliphatic carbocycles. The highest BCUT2D eigenvalue weighted by Gasteiger charge is 2.08. The molecule has 0 radical (unpaired) electrons. The molecule has 0 saturated heterocycles. The normalized spacial score (nSPS) is 10.7. The number of anilines is 1. The number of benzene rings is 3. The molecule has 0 heterocycles. The third-order valence-electron chi connectivity index (χ3n) is 3.28. The largest absolute Gasteiger partial charge is 0.488 e. The highest BCUT2D eigenvalue weighted by atomic mass is 19.1. The Hall–Kier alpha value is -2.55. The molecule has 0 spiro atoms. The molecule has 0 bridgehead atoms. The van der Waals surface area contributed by atoms with Crippen molar-refractivity contribution >= 4 is 16.5 Å². The summed E-state index contributed by atoms with van der Waals surface area (Å²) in [4.78, 5) is 0. The first-order chi connectivity index (χ1) is 9.75. The molecule has 2 N–H and O–H groups in total. The van der Waals surface area contributed by atoms with E-state index in [0.717, 1.165) is 16.5 Å². The molecule has 0 fully saturated rings. The van der Waals surface area contributed by atoms with Crippen molar-refractivity contribution in [3.63, 3.8) is 0 Å². The van der Waals surface area contributed by atoms with Gasteiger partial charge in [-0.3, -0.25) is 0 Å². The van der Waals surface area contributed by atoms with Gasteiger partial charge in [-0.25, -0.2) is 4.39 Å². The molecule has 20 heavy (non-hydrogen) atoms. The Labute approximate surface area is 116 Å². The summed E-state index contributed by atoms with van der Waals surface area (Å²) in [6.07, 6.45) is 0. The van der Waals surface area contributed by atoms with Crippen molar-refractivity contribution in [1.29, 1.82) is 0 Å². The summed E-state index contributed by atoms with van der Waals surface area (Å²) in [5, 5.41) is 2.09. The van der Waals surface area contributed by atoms with Crippen LogP contribution in [0.3, 0.4) is 0 Å². The van der Waals surface area contributed by atoms with Crippen LogP contribution < -0.4 is 10.5 Å². The summed E-state index contributed by atoms with van der Waals surface area (Å²) in [5.41, 5.74) is 6.58. The minimum atomic E-state index is -0.342. The third kappa shape index (κ3) is 2.30. The number of hydrogen-bond acceptors (Lipinski definition) is 2. The molecule has 0 saturated carbocycles. The summed E-state index contributed by atoms with van der Waals surface area (Å²) in [6.45, 7) is 0.118. The van der Waals surface area contributed by atoms with Gasteiger partial charge >= 0.3 is 0 Å². The van der Waals surface area contributed by atoms with Crippen LogP contribution >= 0.6 is 0 Å². The van der Waals surface area contributed by atoms with Crippen molar-refractivity contribution in [1.82, 2.24) is 0 Å². The first-order valence-electron chi connectivity index (χ1n) is 6.39. The standard InChI is InChI=1S/C17H14FNO/c18-15-8-4-9-16(19)14(15)11-20-17-10-3-6-12-5-1-2-7-13(12)17/h1-10H,11,19H2. The second-order valence-corrected chi connectivity index (χ2v) is 4.57. The smallest absolute Gasteiger partial charge is 0.131 e. The Balaban J connectivity index is 1.91. The number of rotatable bonds is 3. The summed E-state index contributed by atoms with van der Waals surface area (Å²) in [6, 6.07) is 18.4. The van der Waals surface area contributed by atoms with Crippen LogP contribution in [0.2, 0.25) is 0 Å². The van der Waals surface area contributed by atoms with E-state index in [9.17, 15) is 4.39 Å². The van der Waals surface area contributed by atoms with E-state index in [4.69, 9.17) is 10.5 Å². The molecular weight excluding hydrogens is 253 g/mol. The van der Waals surface area contributed by atoms with Gasteiger partial charge in [-0.15, -0.1) is 0 Å². The Morgan fingerprint density at radius 2 is 1.65 bits per heavy atom. The number of nitrogen functional groups attached to an aromatic ring is 1. The molecule has 0 unspecified atom stereocenters. The summed E-state index contributed by atoms with van der Waals surface area (Å²) < 4.78 is 19.5. The van der Waals surface area contributed by atoms with Gasteiger partial charge in [0.1, 0.15) is 18.2 Å². The fourth-order valence-electron chi connectivity index (χ4n) is 2.20. The van der Waals surface area contributed by atoms with E-state index in [0.29, 0.717) is 11.3 Å². The van der Waals surface area contributed by atoms with Crippen molar-refractivity contribution in [3.05, 3.63) is 72.0 Å². The molecule has 3 heteroatoms. The molecule has 0 amide bonds. The molecule has 3 aromatic carbocycles. The zero-order valence-electron chi connectivity index (χ0n) is 10.8. The van der Waals surface area contributed by atoms with Gasteiger partial charge in [0.2, 0.25) is 0 Å². The summed E-state index contributed by atoms with van der Waals surface area (Å²) >= 11 is 0. The molecule has 0 atom stereocenters. The second kappa shape index (κ2) is 5.21. The van der Waals surface area contributed by atoms with Gasteiger partial charge in [0.25, 0.3) is 0 Å². The van der Waals surface area contributed by atoms with Gasteiger partial charge in [0, 0.05) is 16.6 Å². The van der Waals surface area contributed by atoms with Gasteiger partial charge < -0.3 is 10.5 Å². The fraction of sp³-hybridized carbons (Fsp3) is 0.0588. The highest BCUT2D eigenvalue weighted by molar-refractivity contribution is 5.88. The lowest BCUT2D eigenvalue weighted by atomic mass is 10.1. The zero-order valence-corrected chi connectivity index (χ0v) is 10.8. The van der Waals surface area contributed by atoms with Crippen LogP contribution in [0, 0.1) is 5.82 Å². The second-order valence-electron chi connectivity index (χ2n) is 4.57. The molecule has 0 aromatic heterocycles. The zero-order chi connectivity index (χ0) is 13.9. The van der Waals surface area contributed by atoms with Gasteiger partial charge in [-0.1, -0.05) is 42.5 Å². The van der Waals surface area contributed by atoms with E-state index in [-0.39, 0.29) is 12.4 Å². The van der Waals surface area contributed by atoms with E-state index in [1.165, 1.54) is 6.07 Å². The van der Waals surface area contributed by atoms with E-state index >= 15 is 0 Å². The SMILES string of the molecule is Nc1cccc(F)c1COc1cccc2ccccc12. The maximum Gasteiger partial charge on any atom is 0.131 e. The van der Waals surface area contributed by atoms with E-state index in [1.807, 2.05) is 42.5 Å². The monoisotopic (exact) mass is 267 g/mol. The van der Waals surface area contributed by atoms with Crippen LogP contribution in [0.5, 0.6) is 5.75 Å². The van der Waals surface area contributed by atoms with Crippen LogP contribution in [0.25, 0.3) is 10.8 Å². The Morgan fingerprint density at radius 3 is 2.50 bits per heavy atom. The lowest BCUT2D eigenvalue weighted by Crippen LogP contribution is -2.03. The summed E-state index contributed by atoms with van der Waals surface area (Å²) in [7, 11) is 0. The molecule has 0 aliphatic rings. The molecule has 3 rings (SSSR count). The lowest BCUT2D eigenvalue weighted by Gasteiger charge is -2.11. The van der Waals surface area contributed by atoms with E-state index in [2.05, 4.69) is 0 Å². The van der Waals surface area contributed by atoms with Gasteiger partial charge in [0.15, 0.2) is 0 Å². The topological polar surface area (TPSA) is 35.2 Å². The molecular formula is C17H14FNO.